The molecule has 2 unspecified atom stereocenters. The van der Waals surface area contributed by atoms with Crippen LogP contribution < -0.4 is 11.5 Å². The zero-order chi connectivity index (χ0) is 10.8. The normalized spacial score (nSPS) is 24.6. The molecule has 15 heavy (non-hydrogen) atoms. The van der Waals surface area contributed by atoms with E-state index in [0.29, 0.717) is 17.5 Å². The first-order chi connectivity index (χ1) is 7.16. The van der Waals surface area contributed by atoms with E-state index in [9.17, 15) is 4.79 Å². The summed E-state index contributed by atoms with van der Waals surface area (Å²) < 4.78 is 0. The van der Waals surface area contributed by atoms with Crippen LogP contribution >= 0.6 is 0 Å². The molecule has 0 radical (unpaired) electrons. The highest BCUT2D eigenvalue weighted by atomic mass is 16.1. The molecule has 2 rings (SSSR count). The predicted molar refractivity (Wildman–Crippen MR) is 59.4 cm³/mol. The number of benzene rings is 1. The Morgan fingerprint density at radius 2 is 1.93 bits per heavy atom. The summed E-state index contributed by atoms with van der Waals surface area (Å²) in [6.45, 7) is 0. The highest BCUT2D eigenvalue weighted by molar-refractivity contribution is 5.92. The van der Waals surface area contributed by atoms with Crippen LogP contribution in [0.4, 0.5) is 0 Å². The third-order valence-electron chi connectivity index (χ3n) is 3.21. The van der Waals surface area contributed by atoms with Gasteiger partial charge in [-0.05, 0) is 42.9 Å². The first kappa shape index (κ1) is 10.2. The van der Waals surface area contributed by atoms with E-state index in [-0.39, 0.29) is 5.91 Å². The van der Waals surface area contributed by atoms with Gasteiger partial charge in [-0.2, -0.15) is 0 Å². The second-order valence-electron chi connectivity index (χ2n) is 4.27. The van der Waals surface area contributed by atoms with Crippen LogP contribution in [0.2, 0.25) is 0 Å². The molecule has 80 valence electrons. The Morgan fingerprint density at radius 3 is 2.33 bits per heavy atom. The van der Waals surface area contributed by atoms with E-state index < -0.39 is 0 Å². The average molecular weight is 204 g/mol. The summed E-state index contributed by atoms with van der Waals surface area (Å²) in [7, 11) is 0. The lowest BCUT2D eigenvalue weighted by Crippen LogP contribution is -2.40. The monoisotopic (exact) mass is 204 g/mol. The van der Waals surface area contributed by atoms with Crippen LogP contribution in [-0.4, -0.2) is 11.9 Å². The maximum Gasteiger partial charge on any atom is 0.248 e. The summed E-state index contributed by atoms with van der Waals surface area (Å²) >= 11 is 0. The fourth-order valence-corrected chi connectivity index (χ4v) is 1.96. The quantitative estimate of drug-likeness (QED) is 0.773. The summed E-state index contributed by atoms with van der Waals surface area (Å²) in [5.74, 6) is 0.242. The molecule has 1 amide bonds. The van der Waals surface area contributed by atoms with E-state index in [2.05, 4.69) is 0 Å². The molecule has 1 fully saturated rings. The fourth-order valence-electron chi connectivity index (χ4n) is 1.96. The van der Waals surface area contributed by atoms with E-state index in [1.807, 2.05) is 12.1 Å². The number of hydrogen-bond donors (Lipinski definition) is 2. The molecule has 0 saturated heterocycles. The second kappa shape index (κ2) is 4.03. The zero-order valence-electron chi connectivity index (χ0n) is 8.65. The Hall–Kier alpha value is -1.35. The molecular formula is C12H16N2O. The molecule has 0 bridgehead atoms. The third kappa shape index (κ3) is 2.18. The van der Waals surface area contributed by atoms with Crippen LogP contribution in [0.15, 0.2) is 24.3 Å². The lowest BCUT2D eigenvalue weighted by Gasteiger charge is -2.33. The molecule has 3 nitrogen and oxygen atoms in total. The van der Waals surface area contributed by atoms with Crippen LogP contribution in [0.3, 0.4) is 0 Å². The molecule has 0 aromatic heterocycles. The van der Waals surface area contributed by atoms with Gasteiger partial charge in [-0.25, -0.2) is 0 Å². The van der Waals surface area contributed by atoms with Gasteiger partial charge in [0.05, 0.1) is 0 Å². The first-order valence-electron chi connectivity index (χ1n) is 5.31. The molecule has 0 spiro atoms. The number of nitrogens with two attached hydrogens (primary N) is 2. The van der Waals surface area contributed by atoms with Crippen LogP contribution in [0.5, 0.6) is 0 Å². The fraction of sp³-hybridized carbons (Fsp3) is 0.417. The minimum absolute atomic E-state index is 0.362. The van der Waals surface area contributed by atoms with Crippen LogP contribution in [0.1, 0.15) is 28.8 Å². The minimum atomic E-state index is -0.373. The largest absolute Gasteiger partial charge is 0.366 e. The van der Waals surface area contributed by atoms with Crippen LogP contribution in [-0.2, 0) is 6.42 Å². The molecular weight excluding hydrogens is 188 g/mol. The summed E-state index contributed by atoms with van der Waals surface area (Å²) in [4.78, 5) is 10.9. The molecule has 0 aliphatic heterocycles. The lowest BCUT2D eigenvalue weighted by molar-refractivity contribution is 0.100. The molecule has 1 aliphatic carbocycles. The molecule has 1 aromatic carbocycles. The van der Waals surface area contributed by atoms with Crippen molar-refractivity contribution in [1.82, 2.24) is 0 Å². The standard InChI is InChI=1S/C12H16N2O/c13-11-6-5-10(11)7-8-1-3-9(4-2-8)12(14)15/h1-4,10-11H,5-7,13H2,(H2,14,15). The van der Waals surface area contributed by atoms with E-state index >= 15 is 0 Å². The Morgan fingerprint density at radius 1 is 1.27 bits per heavy atom. The number of carbonyl (C=O) groups is 1. The van der Waals surface area contributed by atoms with Gasteiger partial charge in [0.2, 0.25) is 5.91 Å². The minimum Gasteiger partial charge on any atom is -0.366 e. The topological polar surface area (TPSA) is 69.1 Å². The van der Waals surface area contributed by atoms with Crippen molar-refractivity contribution >= 4 is 5.91 Å². The second-order valence-corrected chi connectivity index (χ2v) is 4.27. The van der Waals surface area contributed by atoms with E-state index in [0.717, 1.165) is 12.8 Å². The van der Waals surface area contributed by atoms with Crippen molar-refractivity contribution in [1.29, 1.82) is 0 Å². The average Bonchev–Trinajstić information content (AvgIpc) is 2.24. The molecule has 2 atom stereocenters. The van der Waals surface area contributed by atoms with Crippen molar-refractivity contribution in [3.63, 3.8) is 0 Å². The van der Waals surface area contributed by atoms with Gasteiger partial charge in [-0.1, -0.05) is 12.1 Å². The first-order valence-corrected chi connectivity index (χ1v) is 5.31. The van der Waals surface area contributed by atoms with Crippen molar-refractivity contribution in [2.45, 2.75) is 25.3 Å². The van der Waals surface area contributed by atoms with Crippen LogP contribution in [0.25, 0.3) is 0 Å². The van der Waals surface area contributed by atoms with E-state index in [1.54, 1.807) is 12.1 Å². The van der Waals surface area contributed by atoms with Crippen molar-refractivity contribution in [3.8, 4) is 0 Å². The Balaban J connectivity index is 2.01. The molecule has 1 saturated carbocycles. The maximum absolute atomic E-state index is 10.9. The van der Waals surface area contributed by atoms with Crippen molar-refractivity contribution in [2.24, 2.45) is 17.4 Å². The van der Waals surface area contributed by atoms with E-state index in [4.69, 9.17) is 11.5 Å². The highest BCUT2D eigenvalue weighted by Gasteiger charge is 2.26. The summed E-state index contributed by atoms with van der Waals surface area (Å²) in [5.41, 5.74) is 12.8. The van der Waals surface area contributed by atoms with Crippen molar-refractivity contribution in [3.05, 3.63) is 35.4 Å². The summed E-state index contributed by atoms with van der Waals surface area (Å²) in [6, 6.07) is 7.85. The van der Waals surface area contributed by atoms with Gasteiger partial charge in [-0.3, -0.25) is 4.79 Å². The number of carbonyl (C=O) groups excluding carboxylic acids is 1. The highest BCUT2D eigenvalue weighted by Crippen LogP contribution is 2.28. The molecule has 1 aromatic rings. The molecule has 4 N–H and O–H groups in total. The molecule has 0 heterocycles. The molecule has 1 aliphatic rings. The number of hydrogen-bond acceptors (Lipinski definition) is 2. The third-order valence-corrected chi connectivity index (χ3v) is 3.21. The Kier molecular flexibility index (Phi) is 2.73. The van der Waals surface area contributed by atoms with Crippen LogP contribution in [0, 0.1) is 5.92 Å². The van der Waals surface area contributed by atoms with Crippen molar-refractivity contribution in [2.75, 3.05) is 0 Å². The van der Waals surface area contributed by atoms with Gasteiger partial charge in [-0.15, -0.1) is 0 Å². The number of amides is 1. The predicted octanol–water partition coefficient (Wildman–Crippen LogP) is 1.07. The van der Waals surface area contributed by atoms with Crippen molar-refractivity contribution < 1.29 is 4.79 Å². The van der Waals surface area contributed by atoms with E-state index in [1.165, 1.54) is 12.0 Å². The summed E-state index contributed by atoms with van der Waals surface area (Å²) in [6.07, 6.45) is 3.38. The maximum atomic E-state index is 10.9. The molecule has 3 heteroatoms. The smallest absolute Gasteiger partial charge is 0.248 e. The summed E-state index contributed by atoms with van der Waals surface area (Å²) in [5, 5.41) is 0. The zero-order valence-corrected chi connectivity index (χ0v) is 8.65. The number of primary amides is 1. The Labute approximate surface area is 89.5 Å². The van der Waals surface area contributed by atoms with Gasteiger partial charge in [0, 0.05) is 11.6 Å². The number of rotatable bonds is 3. The van der Waals surface area contributed by atoms with Gasteiger partial charge in [0.25, 0.3) is 0 Å². The lowest BCUT2D eigenvalue weighted by atomic mass is 9.76. The van der Waals surface area contributed by atoms with Gasteiger partial charge in [0.15, 0.2) is 0 Å². The SMILES string of the molecule is NC(=O)c1ccc(CC2CCC2N)cc1. The van der Waals surface area contributed by atoms with Gasteiger partial charge >= 0.3 is 0 Å². The van der Waals surface area contributed by atoms with Gasteiger partial charge < -0.3 is 11.5 Å². The van der Waals surface area contributed by atoms with Gasteiger partial charge in [0.1, 0.15) is 0 Å². The Bertz CT molecular complexity index is 358.